The molecule has 1 saturated carbocycles. The zero-order valence-electron chi connectivity index (χ0n) is 11.9. The SMILES string of the molecule is c1ccc(C2CC2CNCCCN2CCCC2)cc1. The van der Waals surface area contributed by atoms with Crippen LogP contribution in [0.5, 0.6) is 0 Å². The number of likely N-dealkylation sites (tertiary alicyclic amines) is 1. The van der Waals surface area contributed by atoms with Gasteiger partial charge in [0.1, 0.15) is 0 Å². The third-order valence-corrected chi connectivity index (χ3v) is 4.58. The Bertz CT molecular complexity index is 370. The van der Waals surface area contributed by atoms with Crippen molar-refractivity contribution in [3.8, 4) is 0 Å². The molecule has 2 fully saturated rings. The lowest BCUT2D eigenvalue weighted by Gasteiger charge is -2.14. The van der Waals surface area contributed by atoms with Crippen LogP contribution in [0.15, 0.2) is 30.3 Å². The Balaban J connectivity index is 1.26. The molecule has 2 aliphatic rings. The summed E-state index contributed by atoms with van der Waals surface area (Å²) >= 11 is 0. The second-order valence-corrected chi connectivity index (χ2v) is 6.12. The monoisotopic (exact) mass is 258 g/mol. The highest BCUT2D eigenvalue weighted by molar-refractivity contribution is 5.25. The third kappa shape index (κ3) is 3.80. The van der Waals surface area contributed by atoms with Crippen molar-refractivity contribution in [3.63, 3.8) is 0 Å². The second kappa shape index (κ2) is 6.53. The van der Waals surface area contributed by atoms with Crippen molar-refractivity contribution < 1.29 is 0 Å². The van der Waals surface area contributed by atoms with E-state index in [4.69, 9.17) is 0 Å². The van der Waals surface area contributed by atoms with Crippen LogP contribution in [0.25, 0.3) is 0 Å². The van der Waals surface area contributed by atoms with Crippen molar-refractivity contribution in [2.24, 2.45) is 5.92 Å². The van der Waals surface area contributed by atoms with Crippen LogP contribution in [0.1, 0.15) is 37.2 Å². The van der Waals surface area contributed by atoms with Gasteiger partial charge in [-0.25, -0.2) is 0 Å². The predicted molar refractivity (Wildman–Crippen MR) is 80.5 cm³/mol. The first kappa shape index (κ1) is 13.1. The van der Waals surface area contributed by atoms with E-state index in [1.54, 1.807) is 0 Å². The van der Waals surface area contributed by atoms with Crippen molar-refractivity contribution >= 4 is 0 Å². The highest BCUT2D eigenvalue weighted by Crippen LogP contribution is 2.46. The lowest BCUT2D eigenvalue weighted by atomic mass is 10.1. The van der Waals surface area contributed by atoms with Crippen LogP contribution in [-0.2, 0) is 0 Å². The summed E-state index contributed by atoms with van der Waals surface area (Å²) in [4.78, 5) is 2.60. The number of nitrogens with one attached hydrogen (secondary N) is 1. The maximum absolute atomic E-state index is 3.64. The van der Waals surface area contributed by atoms with Crippen molar-refractivity contribution in [2.75, 3.05) is 32.7 Å². The van der Waals surface area contributed by atoms with Gasteiger partial charge in [0.2, 0.25) is 0 Å². The molecule has 0 bridgehead atoms. The van der Waals surface area contributed by atoms with Crippen LogP contribution in [0.3, 0.4) is 0 Å². The first-order valence-electron chi connectivity index (χ1n) is 7.91. The molecule has 1 aliphatic carbocycles. The summed E-state index contributed by atoms with van der Waals surface area (Å²) in [5.74, 6) is 1.71. The lowest BCUT2D eigenvalue weighted by molar-refractivity contribution is 0.330. The molecule has 19 heavy (non-hydrogen) atoms. The van der Waals surface area contributed by atoms with E-state index in [0.29, 0.717) is 0 Å². The van der Waals surface area contributed by atoms with E-state index in [9.17, 15) is 0 Å². The minimum Gasteiger partial charge on any atom is -0.316 e. The molecule has 2 atom stereocenters. The summed E-state index contributed by atoms with van der Waals surface area (Å²) in [5, 5.41) is 3.64. The van der Waals surface area contributed by atoms with Gasteiger partial charge in [0.05, 0.1) is 0 Å². The molecule has 2 heteroatoms. The van der Waals surface area contributed by atoms with Gasteiger partial charge < -0.3 is 10.2 Å². The van der Waals surface area contributed by atoms with E-state index < -0.39 is 0 Å². The van der Waals surface area contributed by atoms with Gasteiger partial charge >= 0.3 is 0 Å². The molecule has 0 amide bonds. The molecule has 1 heterocycles. The second-order valence-electron chi connectivity index (χ2n) is 6.12. The highest BCUT2D eigenvalue weighted by atomic mass is 15.1. The van der Waals surface area contributed by atoms with Crippen LogP contribution in [-0.4, -0.2) is 37.6 Å². The number of benzene rings is 1. The molecular formula is C17H26N2. The van der Waals surface area contributed by atoms with Gasteiger partial charge in [0.15, 0.2) is 0 Å². The van der Waals surface area contributed by atoms with Gasteiger partial charge in [-0.2, -0.15) is 0 Å². The summed E-state index contributed by atoms with van der Waals surface area (Å²) in [5.41, 5.74) is 1.53. The standard InChI is InChI=1S/C17H26N2/c1-2-7-15(8-3-1)17-13-16(17)14-18-9-6-12-19-10-4-5-11-19/h1-3,7-8,16-18H,4-6,9-14H2. The number of hydrogen-bond donors (Lipinski definition) is 1. The lowest BCUT2D eigenvalue weighted by Crippen LogP contribution is -2.25. The summed E-state index contributed by atoms with van der Waals surface area (Å²) in [6.45, 7) is 6.35. The van der Waals surface area contributed by atoms with E-state index in [2.05, 4.69) is 40.5 Å². The zero-order valence-corrected chi connectivity index (χ0v) is 11.9. The van der Waals surface area contributed by atoms with Gasteiger partial charge in [-0.05, 0) is 75.8 Å². The topological polar surface area (TPSA) is 15.3 Å². The van der Waals surface area contributed by atoms with Crippen LogP contribution < -0.4 is 5.32 Å². The van der Waals surface area contributed by atoms with Crippen molar-refractivity contribution in [3.05, 3.63) is 35.9 Å². The van der Waals surface area contributed by atoms with Crippen LogP contribution in [0.2, 0.25) is 0 Å². The molecule has 2 unspecified atom stereocenters. The first-order chi connectivity index (χ1) is 9.43. The van der Waals surface area contributed by atoms with Crippen LogP contribution >= 0.6 is 0 Å². The zero-order chi connectivity index (χ0) is 12.9. The fourth-order valence-corrected chi connectivity index (χ4v) is 3.30. The maximum atomic E-state index is 3.64. The fourth-order valence-electron chi connectivity index (χ4n) is 3.30. The van der Waals surface area contributed by atoms with E-state index in [0.717, 1.165) is 11.8 Å². The summed E-state index contributed by atoms with van der Waals surface area (Å²) in [6.07, 6.45) is 5.51. The average molecular weight is 258 g/mol. The molecule has 104 valence electrons. The van der Waals surface area contributed by atoms with Crippen molar-refractivity contribution in [2.45, 2.75) is 31.6 Å². The molecule has 0 spiro atoms. The Labute approximate surface area is 117 Å². The quantitative estimate of drug-likeness (QED) is 0.757. The highest BCUT2D eigenvalue weighted by Gasteiger charge is 2.37. The van der Waals surface area contributed by atoms with Crippen LogP contribution in [0, 0.1) is 5.92 Å². The summed E-state index contributed by atoms with van der Waals surface area (Å²) < 4.78 is 0. The molecule has 1 saturated heterocycles. The van der Waals surface area contributed by atoms with Gasteiger partial charge in [-0.3, -0.25) is 0 Å². The molecular weight excluding hydrogens is 232 g/mol. The molecule has 0 radical (unpaired) electrons. The van der Waals surface area contributed by atoms with Gasteiger partial charge in [-0.1, -0.05) is 30.3 Å². The van der Waals surface area contributed by atoms with E-state index in [1.807, 2.05) is 0 Å². The normalized spacial score (nSPS) is 26.7. The molecule has 2 nitrogen and oxygen atoms in total. The molecule has 1 aromatic rings. The van der Waals surface area contributed by atoms with Crippen molar-refractivity contribution in [1.82, 2.24) is 10.2 Å². The van der Waals surface area contributed by atoms with Crippen LogP contribution in [0.4, 0.5) is 0 Å². The minimum atomic E-state index is 0.826. The Morgan fingerprint density at radius 3 is 2.68 bits per heavy atom. The molecule has 1 aromatic carbocycles. The number of rotatable bonds is 7. The molecule has 0 aromatic heterocycles. The minimum absolute atomic E-state index is 0.826. The summed E-state index contributed by atoms with van der Waals surface area (Å²) in [7, 11) is 0. The average Bonchev–Trinajstić information content (AvgIpc) is 3.04. The van der Waals surface area contributed by atoms with E-state index >= 15 is 0 Å². The Morgan fingerprint density at radius 2 is 1.89 bits per heavy atom. The predicted octanol–water partition coefficient (Wildman–Crippen LogP) is 2.87. The van der Waals surface area contributed by atoms with E-state index in [-0.39, 0.29) is 0 Å². The smallest absolute Gasteiger partial charge is 0.000664 e. The molecule has 1 N–H and O–H groups in total. The Kier molecular flexibility index (Phi) is 4.52. The third-order valence-electron chi connectivity index (χ3n) is 4.58. The van der Waals surface area contributed by atoms with Gasteiger partial charge in [-0.15, -0.1) is 0 Å². The van der Waals surface area contributed by atoms with Gasteiger partial charge in [0, 0.05) is 0 Å². The Morgan fingerprint density at radius 1 is 1.11 bits per heavy atom. The first-order valence-corrected chi connectivity index (χ1v) is 7.91. The largest absolute Gasteiger partial charge is 0.316 e. The number of hydrogen-bond acceptors (Lipinski definition) is 2. The Hall–Kier alpha value is -0.860. The molecule has 1 aliphatic heterocycles. The summed E-state index contributed by atoms with van der Waals surface area (Å²) in [6, 6.07) is 11.0. The van der Waals surface area contributed by atoms with Gasteiger partial charge in [0.25, 0.3) is 0 Å². The molecule has 3 rings (SSSR count). The maximum Gasteiger partial charge on any atom is -0.000664 e. The van der Waals surface area contributed by atoms with Crippen molar-refractivity contribution in [1.29, 1.82) is 0 Å². The fraction of sp³-hybridized carbons (Fsp3) is 0.647. The van der Waals surface area contributed by atoms with E-state index in [1.165, 1.54) is 64.0 Å². The number of nitrogens with zero attached hydrogens (tertiary/aromatic N) is 1.